The highest BCUT2D eigenvalue weighted by atomic mass is 16.6. The Morgan fingerprint density at radius 1 is 1.59 bits per heavy atom. The van der Waals surface area contributed by atoms with Gasteiger partial charge in [-0.3, -0.25) is 10.1 Å². The van der Waals surface area contributed by atoms with Crippen LogP contribution in [0.1, 0.15) is 12.5 Å². The Labute approximate surface area is 99.4 Å². The zero-order chi connectivity index (χ0) is 12.8. The number of benzene rings is 1. The summed E-state index contributed by atoms with van der Waals surface area (Å²) in [4.78, 5) is 10.4. The monoisotopic (exact) mass is 240 g/mol. The quantitative estimate of drug-likeness (QED) is 0.582. The maximum atomic E-state index is 10.9. The van der Waals surface area contributed by atoms with Crippen LogP contribution in [0.5, 0.6) is 0 Å². The molecule has 1 atom stereocenters. The van der Waals surface area contributed by atoms with Gasteiger partial charge >= 0.3 is 0 Å². The summed E-state index contributed by atoms with van der Waals surface area (Å²) in [6.07, 6.45) is 0. The number of rotatable bonds is 6. The van der Waals surface area contributed by atoms with Gasteiger partial charge < -0.3 is 15.2 Å². The molecule has 1 aromatic rings. The van der Waals surface area contributed by atoms with Crippen molar-refractivity contribution in [1.82, 2.24) is 0 Å². The zero-order valence-electron chi connectivity index (χ0n) is 9.84. The fourth-order valence-electron chi connectivity index (χ4n) is 1.51. The number of hydrogen-bond donors (Lipinski definition) is 2. The van der Waals surface area contributed by atoms with Gasteiger partial charge in [-0.2, -0.15) is 0 Å². The summed E-state index contributed by atoms with van der Waals surface area (Å²) in [5, 5.41) is 22.8. The van der Waals surface area contributed by atoms with E-state index in [0.29, 0.717) is 17.9 Å². The normalized spacial score (nSPS) is 12.2. The Hall–Kier alpha value is -1.66. The van der Waals surface area contributed by atoms with Gasteiger partial charge in [0.15, 0.2) is 0 Å². The number of hydrogen-bond acceptors (Lipinski definition) is 5. The number of anilines is 1. The molecule has 0 heterocycles. The lowest BCUT2D eigenvalue weighted by atomic mass is 10.1. The van der Waals surface area contributed by atoms with E-state index in [-0.39, 0.29) is 18.3 Å². The number of nitrogens with zero attached hydrogens (tertiary/aromatic N) is 1. The summed E-state index contributed by atoms with van der Waals surface area (Å²) in [5.41, 5.74) is 0.901. The van der Waals surface area contributed by atoms with Crippen molar-refractivity contribution < 1.29 is 14.8 Å². The van der Waals surface area contributed by atoms with Gasteiger partial charge in [0.05, 0.1) is 18.1 Å². The predicted molar refractivity (Wildman–Crippen MR) is 64.0 cm³/mol. The van der Waals surface area contributed by atoms with Crippen molar-refractivity contribution in [3.8, 4) is 0 Å². The van der Waals surface area contributed by atoms with Crippen molar-refractivity contribution >= 4 is 11.4 Å². The molecule has 0 bridgehead atoms. The van der Waals surface area contributed by atoms with E-state index in [1.807, 2.05) is 6.92 Å². The molecule has 2 N–H and O–H groups in total. The summed E-state index contributed by atoms with van der Waals surface area (Å²) in [6, 6.07) is 4.57. The van der Waals surface area contributed by atoms with Gasteiger partial charge in [-0.25, -0.2) is 0 Å². The van der Waals surface area contributed by atoms with E-state index >= 15 is 0 Å². The standard InChI is InChI=1S/C11H16N2O4/c1-8(7-17-2)12-10-4-3-9(6-14)5-11(10)13(15)16/h3-5,8,12,14H,6-7H2,1-2H3. The van der Waals surface area contributed by atoms with Crippen LogP contribution >= 0.6 is 0 Å². The molecule has 0 aliphatic heterocycles. The lowest BCUT2D eigenvalue weighted by molar-refractivity contribution is -0.384. The Balaban J connectivity index is 2.94. The highest BCUT2D eigenvalue weighted by Crippen LogP contribution is 2.26. The largest absolute Gasteiger partial charge is 0.392 e. The molecule has 0 aliphatic carbocycles. The SMILES string of the molecule is COCC(C)Nc1ccc(CO)cc1[N+](=O)[O-]. The average molecular weight is 240 g/mol. The van der Waals surface area contributed by atoms with E-state index in [2.05, 4.69) is 5.32 Å². The molecule has 1 rings (SSSR count). The van der Waals surface area contributed by atoms with Crippen molar-refractivity contribution in [2.45, 2.75) is 19.6 Å². The molecule has 0 amide bonds. The van der Waals surface area contributed by atoms with E-state index in [1.54, 1.807) is 19.2 Å². The van der Waals surface area contributed by atoms with Crippen LogP contribution in [0.15, 0.2) is 18.2 Å². The molecule has 6 heteroatoms. The molecule has 94 valence electrons. The van der Waals surface area contributed by atoms with Gasteiger partial charge in [0.2, 0.25) is 0 Å². The first kappa shape index (κ1) is 13.4. The highest BCUT2D eigenvalue weighted by Gasteiger charge is 2.15. The molecule has 1 aromatic carbocycles. The third-order valence-electron chi connectivity index (χ3n) is 2.26. The van der Waals surface area contributed by atoms with Crippen molar-refractivity contribution in [1.29, 1.82) is 0 Å². The summed E-state index contributed by atoms with van der Waals surface area (Å²) in [6.45, 7) is 2.11. The predicted octanol–water partition coefficient (Wildman–Crippen LogP) is 1.53. The zero-order valence-corrected chi connectivity index (χ0v) is 9.84. The van der Waals surface area contributed by atoms with Crippen molar-refractivity contribution in [2.75, 3.05) is 19.0 Å². The van der Waals surface area contributed by atoms with Gasteiger partial charge in [0, 0.05) is 19.2 Å². The molecule has 0 aliphatic rings. The number of nitrogens with one attached hydrogen (secondary N) is 1. The number of aliphatic hydroxyl groups is 1. The molecular weight excluding hydrogens is 224 g/mol. The molecule has 0 fully saturated rings. The Bertz CT molecular complexity index is 395. The first-order valence-corrected chi connectivity index (χ1v) is 5.22. The minimum atomic E-state index is -0.471. The minimum Gasteiger partial charge on any atom is -0.392 e. The van der Waals surface area contributed by atoms with E-state index < -0.39 is 4.92 Å². The summed E-state index contributed by atoms with van der Waals surface area (Å²) in [5.74, 6) is 0. The Kier molecular flexibility index (Phi) is 4.86. The van der Waals surface area contributed by atoms with E-state index in [1.165, 1.54) is 6.07 Å². The average Bonchev–Trinajstić information content (AvgIpc) is 2.29. The number of ether oxygens (including phenoxy) is 1. The second-order valence-corrected chi connectivity index (χ2v) is 3.77. The Morgan fingerprint density at radius 2 is 2.29 bits per heavy atom. The summed E-state index contributed by atoms with van der Waals surface area (Å²) in [7, 11) is 1.57. The fourth-order valence-corrected chi connectivity index (χ4v) is 1.51. The third kappa shape index (κ3) is 3.69. The second-order valence-electron chi connectivity index (χ2n) is 3.77. The smallest absolute Gasteiger partial charge is 0.292 e. The van der Waals surface area contributed by atoms with Crippen LogP contribution in [0.3, 0.4) is 0 Å². The van der Waals surface area contributed by atoms with Gasteiger partial charge in [-0.05, 0) is 18.6 Å². The van der Waals surface area contributed by atoms with Crippen LogP contribution in [0.2, 0.25) is 0 Å². The minimum absolute atomic E-state index is 0.0290. The molecule has 1 unspecified atom stereocenters. The molecule has 0 aromatic heterocycles. The molecule has 17 heavy (non-hydrogen) atoms. The van der Waals surface area contributed by atoms with E-state index in [4.69, 9.17) is 9.84 Å². The van der Waals surface area contributed by atoms with Crippen LogP contribution in [-0.4, -0.2) is 29.8 Å². The van der Waals surface area contributed by atoms with Crippen LogP contribution in [0.25, 0.3) is 0 Å². The van der Waals surface area contributed by atoms with Crippen molar-refractivity contribution in [3.63, 3.8) is 0 Å². The van der Waals surface area contributed by atoms with Crippen molar-refractivity contribution in [2.24, 2.45) is 0 Å². The lowest BCUT2D eigenvalue weighted by Crippen LogP contribution is -2.21. The molecule has 0 radical (unpaired) electrons. The summed E-state index contributed by atoms with van der Waals surface area (Å²) < 4.78 is 4.95. The molecule has 0 saturated heterocycles. The molecular formula is C11H16N2O4. The molecule has 0 saturated carbocycles. The topological polar surface area (TPSA) is 84.6 Å². The maximum Gasteiger partial charge on any atom is 0.292 e. The van der Waals surface area contributed by atoms with E-state index in [0.717, 1.165) is 0 Å². The van der Waals surface area contributed by atoms with Crippen LogP contribution in [-0.2, 0) is 11.3 Å². The Morgan fingerprint density at radius 3 is 2.82 bits per heavy atom. The fraction of sp³-hybridized carbons (Fsp3) is 0.455. The van der Waals surface area contributed by atoms with Gasteiger partial charge in [-0.1, -0.05) is 6.07 Å². The van der Waals surface area contributed by atoms with Crippen LogP contribution in [0.4, 0.5) is 11.4 Å². The first-order chi connectivity index (χ1) is 8.08. The number of aliphatic hydroxyl groups excluding tert-OH is 1. The molecule has 6 nitrogen and oxygen atoms in total. The van der Waals surface area contributed by atoms with Gasteiger partial charge in [0.1, 0.15) is 5.69 Å². The van der Waals surface area contributed by atoms with Crippen molar-refractivity contribution in [3.05, 3.63) is 33.9 Å². The first-order valence-electron chi connectivity index (χ1n) is 5.22. The summed E-state index contributed by atoms with van der Waals surface area (Å²) >= 11 is 0. The maximum absolute atomic E-state index is 10.9. The lowest BCUT2D eigenvalue weighted by Gasteiger charge is -2.14. The molecule has 0 spiro atoms. The number of nitro groups is 1. The second kappa shape index (κ2) is 6.17. The third-order valence-corrected chi connectivity index (χ3v) is 2.26. The highest BCUT2D eigenvalue weighted by molar-refractivity contribution is 5.63. The van der Waals surface area contributed by atoms with Crippen LogP contribution in [0, 0.1) is 10.1 Å². The van der Waals surface area contributed by atoms with Gasteiger partial charge in [0.25, 0.3) is 5.69 Å². The van der Waals surface area contributed by atoms with Gasteiger partial charge in [-0.15, -0.1) is 0 Å². The number of nitro benzene ring substituents is 1. The van der Waals surface area contributed by atoms with Crippen LogP contribution < -0.4 is 5.32 Å². The number of methoxy groups -OCH3 is 1. The van der Waals surface area contributed by atoms with E-state index in [9.17, 15) is 10.1 Å².